The van der Waals surface area contributed by atoms with Gasteiger partial charge in [-0.2, -0.15) is 0 Å². The summed E-state index contributed by atoms with van der Waals surface area (Å²) in [5, 5.41) is 3.75. The van der Waals surface area contributed by atoms with Crippen molar-refractivity contribution in [1.29, 1.82) is 0 Å². The van der Waals surface area contributed by atoms with Crippen LogP contribution in [0.3, 0.4) is 0 Å². The number of aromatic nitrogens is 1. The quantitative estimate of drug-likeness (QED) is 0.881. The molecule has 2 heterocycles. The van der Waals surface area contributed by atoms with Gasteiger partial charge in [0.1, 0.15) is 0 Å². The van der Waals surface area contributed by atoms with E-state index in [0.29, 0.717) is 12.5 Å². The van der Waals surface area contributed by atoms with E-state index in [2.05, 4.69) is 22.3 Å². The molecule has 0 spiro atoms. The van der Waals surface area contributed by atoms with E-state index in [1.54, 1.807) is 25.4 Å². The first kappa shape index (κ1) is 17.8. The number of likely N-dealkylation sites (N-methyl/N-ethyl adjacent to an activating group) is 2. The largest absolute Gasteiger partial charge is 0.358 e. The van der Waals surface area contributed by atoms with Crippen molar-refractivity contribution in [3.63, 3.8) is 0 Å². The van der Waals surface area contributed by atoms with Crippen molar-refractivity contribution >= 4 is 33.4 Å². The average Bonchev–Trinajstić information content (AvgIpc) is 3.06. The second-order valence-electron chi connectivity index (χ2n) is 6.49. The molecule has 0 atom stereocenters. The number of fused-ring (bicyclic) bond motifs is 1. The lowest BCUT2D eigenvalue weighted by Gasteiger charge is -2.31. The smallest absolute Gasteiger partial charge is 0.239 e. The molecule has 0 aliphatic carbocycles. The Morgan fingerprint density at radius 3 is 2.72 bits per heavy atom. The zero-order valence-electron chi connectivity index (χ0n) is 14.7. The van der Waals surface area contributed by atoms with Crippen LogP contribution in [0.2, 0.25) is 0 Å². The van der Waals surface area contributed by atoms with Gasteiger partial charge in [0.15, 0.2) is 0 Å². The van der Waals surface area contributed by atoms with Crippen LogP contribution in [0.15, 0.2) is 24.3 Å². The van der Waals surface area contributed by atoms with E-state index < -0.39 is 0 Å². The SMILES string of the molecule is CNC(=O)CN(C)C(=O)CN1CCC(c2nc3ccccc3s2)CC1. The number of thiazole rings is 1. The van der Waals surface area contributed by atoms with Gasteiger partial charge in [-0.15, -0.1) is 11.3 Å². The fourth-order valence-electron chi connectivity index (χ4n) is 3.10. The summed E-state index contributed by atoms with van der Waals surface area (Å²) in [5.74, 6) is 0.319. The van der Waals surface area contributed by atoms with E-state index in [-0.39, 0.29) is 18.4 Å². The minimum Gasteiger partial charge on any atom is -0.358 e. The monoisotopic (exact) mass is 360 g/mol. The zero-order chi connectivity index (χ0) is 17.8. The summed E-state index contributed by atoms with van der Waals surface area (Å²) >= 11 is 1.78. The molecule has 0 radical (unpaired) electrons. The number of benzene rings is 1. The van der Waals surface area contributed by atoms with Crippen LogP contribution >= 0.6 is 11.3 Å². The van der Waals surface area contributed by atoms with E-state index in [4.69, 9.17) is 4.98 Å². The Morgan fingerprint density at radius 2 is 2.04 bits per heavy atom. The summed E-state index contributed by atoms with van der Waals surface area (Å²) in [6.07, 6.45) is 2.04. The Labute approximate surface area is 151 Å². The van der Waals surface area contributed by atoms with Crippen molar-refractivity contribution in [2.24, 2.45) is 0 Å². The van der Waals surface area contributed by atoms with Gasteiger partial charge in [0.2, 0.25) is 11.8 Å². The molecule has 6 nitrogen and oxygen atoms in total. The van der Waals surface area contributed by atoms with Crippen molar-refractivity contribution in [2.75, 3.05) is 40.3 Å². The number of carbonyl (C=O) groups is 2. The number of para-hydroxylation sites is 1. The Balaban J connectivity index is 1.51. The van der Waals surface area contributed by atoms with Crippen LogP contribution in [0.5, 0.6) is 0 Å². The van der Waals surface area contributed by atoms with Gasteiger partial charge in [-0.25, -0.2) is 4.98 Å². The van der Waals surface area contributed by atoms with Crippen LogP contribution in [0.25, 0.3) is 10.2 Å². The predicted molar refractivity (Wildman–Crippen MR) is 99.7 cm³/mol. The lowest BCUT2D eigenvalue weighted by molar-refractivity contribution is -0.135. The van der Waals surface area contributed by atoms with Gasteiger partial charge in [0.05, 0.1) is 28.3 Å². The fourth-order valence-corrected chi connectivity index (χ4v) is 4.23. The predicted octanol–water partition coefficient (Wildman–Crippen LogP) is 1.68. The second-order valence-corrected chi connectivity index (χ2v) is 7.56. The molecule has 1 saturated heterocycles. The van der Waals surface area contributed by atoms with E-state index in [9.17, 15) is 9.59 Å². The Morgan fingerprint density at radius 1 is 1.32 bits per heavy atom. The zero-order valence-corrected chi connectivity index (χ0v) is 15.5. The van der Waals surface area contributed by atoms with Gasteiger partial charge in [0, 0.05) is 20.0 Å². The highest BCUT2D eigenvalue weighted by Gasteiger charge is 2.25. The third-order valence-electron chi connectivity index (χ3n) is 4.69. The maximum atomic E-state index is 12.2. The minimum absolute atomic E-state index is 0.0120. The molecule has 1 aliphatic rings. The summed E-state index contributed by atoms with van der Waals surface area (Å²) in [6.45, 7) is 2.26. The molecule has 1 aliphatic heterocycles. The number of hydrogen-bond acceptors (Lipinski definition) is 5. The first-order chi connectivity index (χ1) is 12.1. The molecule has 2 aromatic rings. The van der Waals surface area contributed by atoms with Crippen LogP contribution in [-0.4, -0.2) is 66.9 Å². The molecular weight excluding hydrogens is 336 g/mol. The number of nitrogens with one attached hydrogen (secondary N) is 1. The van der Waals surface area contributed by atoms with E-state index in [1.165, 1.54) is 14.6 Å². The Bertz CT molecular complexity index is 719. The number of rotatable bonds is 5. The maximum absolute atomic E-state index is 12.2. The number of carbonyl (C=O) groups excluding carboxylic acids is 2. The summed E-state index contributed by atoms with van der Waals surface area (Å²) in [6, 6.07) is 8.25. The summed E-state index contributed by atoms with van der Waals surface area (Å²) in [4.78, 5) is 32.0. The first-order valence-electron chi connectivity index (χ1n) is 8.59. The van der Waals surface area contributed by atoms with Gasteiger partial charge in [-0.05, 0) is 38.1 Å². The molecular formula is C18H24N4O2S. The van der Waals surface area contributed by atoms with Gasteiger partial charge in [-0.3, -0.25) is 14.5 Å². The average molecular weight is 360 g/mol. The minimum atomic E-state index is -0.148. The number of hydrogen-bond donors (Lipinski definition) is 1. The molecule has 7 heteroatoms. The normalized spacial score (nSPS) is 16.1. The molecule has 134 valence electrons. The van der Waals surface area contributed by atoms with Crippen molar-refractivity contribution in [3.05, 3.63) is 29.3 Å². The third kappa shape index (κ3) is 4.35. The van der Waals surface area contributed by atoms with Gasteiger partial charge in [0.25, 0.3) is 0 Å². The fraction of sp³-hybridized carbons (Fsp3) is 0.500. The molecule has 1 N–H and O–H groups in total. The van der Waals surface area contributed by atoms with E-state index >= 15 is 0 Å². The molecule has 0 bridgehead atoms. The number of piperidine rings is 1. The summed E-state index contributed by atoms with van der Waals surface area (Å²) in [5.41, 5.74) is 1.08. The number of nitrogens with zero attached hydrogens (tertiary/aromatic N) is 3. The highest BCUT2D eigenvalue weighted by molar-refractivity contribution is 7.18. The molecule has 1 fully saturated rings. The van der Waals surface area contributed by atoms with Crippen LogP contribution in [0, 0.1) is 0 Å². The summed E-state index contributed by atoms with van der Waals surface area (Å²) in [7, 11) is 3.25. The van der Waals surface area contributed by atoms with Gasteiger partial charge >= 0.3 is 0 Å². The molecule has 25 heavy (non-hydrogen) atoms. The molecule has 3 rings (SSSR count). The standard InChI is InChI=1S/C18H24N4O2S/c1-19-16(23)11-21(2)17(24)12-22-9-7-13(8-10-22)18-20-14-5-3-4-6-15(14)25-18/h3-6,13H,7-12H2,1-2H3,(H,19,23). The molecule has 2 amide bonds. The molecule has 0 unspecified atom stereocenters. The van der Waals surface area contributed by atoms with Crippen molar-refractivity contribution in [1.82, 2.24) is 20.1 Å². The van der Waals surface area contributed by atoms with Crippen molar-refractivity contribution < 1.29 is 9.59 Å². The lowest BCUT2D eigenvalue weighted by atomic mass is 9.97. The van der Waals surface area contributed by atoms with Crippen LogP contribution in [0.4, 0.5) is 0 Å². The van der Waals surface area contributed by atoms with Crippen LogP contribution in [0.1, 0.15) is 23.8 Å². The molecule has 1 aromatic heterocycles. The van der Waals surface area contributed by atoms with Gasteiger partial charge < -0.3 is 10.2 Å². The lowest BCUT2D eigenvalue weighted by Crippen LogP contribution is -2.44. The first-order valence-corrected chi connectivity index (χ1v) is 9.41. The van der Waals surface area contributed by atoms with Crippen LogP contribution in [-0.2, 0) is 9.59 Å². The number of amides is 2. The topological polar surface area (TPSA) is 65.5 Å². The Hall–Kier alpha value is -1.99. The Kier molecular flexibility index (Phi) is 5.65. The van der Waals surface area contributed by atoms with E-state index in [0.717, 1.165) is 31.4 Å². The maximum Gasteiger partial charge on any atom is 0.239 e. The molecule has 1 aromatic carbocycles. The number of likely N-dealkylation sites (tertiary alicyclic amines) is 1. The third-order valence-corrected chi connectivity index (χ3v) is 5.89. The van der Waals surface area contributed by atoms with Crippen molar-refractivity contribution in [3.8, 4) is 0 Å². The van der Waals surface area contributed by atoms with E-state index in [1.807, 2.05) is 12.1 Å². The summed E-state index contributed by atoms with van der Waals surface area (Å²) < 4.78 is 1.24. The van der Waals surface area contributed by atoms with Crippen molar-refractivity contribution in [2.45, 2.75) is 18.8 Å². The highest BCUT2D eigenvalue weighted by atomic mass is 32.1. The molecule has 0 saturated carbocycles. The van der Waals surface area contributed by atoms with Crippen LogP contribution < -0.4 is 5.32 Å². The van der Waals surface area contributed by atoms with Gasteiger partial charge in [-0.1, -0.05) is 12.1 Å². The second kappa shape index (κ2) is 7.93. The highest BCUT2D eigenvalue weighted by Crippen LogP contribution is 2.33.